The summed E-state index contributed by atoms with van der Waals surface area (Å²) < 4.78 is 4.80. The lowest BCUT2D eigenvalue weighted by molar-refractivity contribution is -0.142. The molecule has 1 aromatic carbocycles. The fourth-order valence-electron chi connectivity index (χ4n) is 0.777. The topological polar surface area (TPSA) is 26.3 Å². The molecule has 2 nitrogen and oxygen atoms in total. The van der Waals surface area contributed by atoms with E-state index in [0.29, 0.717) is 6.61 Å². The SMILES string of the molecule is CC.CC(=O)OCc1ccc(S)cc1. The third-order valence-electron chi connectivity index (χ3n) is 1.38. The third-order valence-corrected chi connectivity index (χ3v) is 1.68. The Hall–Kier alpha value is -0.960. The van der Waals surface area contributed by atoms with Gasteiger partial charge in [-0.15, -0.1) is 12.6 Å². The molecule has 0 spiro atoms. The minimum absolute atomic E-state index is 0.259. The van der Waals surface area contributed by atoms with Gasteiger partial charge in [0.1, 0.15) is 6.61 Å². The van der Waals surface area contributed by atoms with Gasteiger partial charge in [-0.1, -0.05) is 26.0 Å². The Kier molecular flexibility index (Phi) is 6.93. The fraction of sp³-hybridized carbons (Fsp3) is 0.364. The summed E-state index contributed by atoms with van der Waals surface area (Å²) in [5, 5.41) is 0. The molecule has 1 aromatic rings. The molecule has 0 N–H and O–H groups in total. The van der Waals surface area contributed by atoms with Crippen LogP contribution >= 0.6 is 12.6 Å². The van der Waals surface area contributed by atoms with Crippen molar-refractivity contribution in [3.63, 3.8) is 0 Å². The molecule has 0 aliphatic heterocycles. The molecule has 0 saturated heterocycles. The van der Waals surface area contributed by atoms with Crippen molar-refractivity contribution in [3.8, 4) is 0 Å². The number of carbonyl (C=O) groups is 1. The number of rotatable bonds is 2. The van der Waals surface area contributed by atoms with Crippen LogP contribution in [-0.4, -0.2) is 5.97 Å². The predicted molar refractivity (Wildman–Crippen MR) is 60.5 cm³/mol. The van der Waals surface area contributed by atoms with Gasteiger partial charge in [0, 0.05) is 11.8 Å². The minimum Gasteiger partial charge on any atom is -0.461 e. The van der Waals surface area contributed by atoms with Crippen molar-refractivity contribution < 1.29 is 9.53 Å². The van der Waals surface area contributed by atoms with Crippen LogP contribution in [0.1, 0.15) is 26.3 Å². The van der Waals surface area contributed by atoms with Crippen LogP contribution in [0.15, 0.2) is 29.2 Å². The zero-order valence-corrected chi connectivity index (χ0v) is 9.67. The van der Waals surface area contributed by atoms with E-state index in [1.165, 1.54) is 6.92 Å². The van der Waals surface area contributed by atoms with Crippen LogP contribution in [-0.2, 0) is 16.1 Å². The number of benzene rings is 1. The van der Waals surface area contributed by atoms with Crippen LogP contribution in [0, 0.1) is 0 Å². The lowest BCUT2D eigenvalue weighted by atomic mass is 10.2. The molecule has 0 aliphatic carbocycles. The summed E-state index contributed by atoms with van der Waals surface area (Å²) in [6, 6.07) is 7.49. The Bertz CT molecular complexity index is 267. The molecule has 78 valence electrons. The van der Waals surface area contributed by atoms with Crippen LogP contribution in [0.2, 0.25) is 0 Å². The van der Waals surface area contributed by atoms with E-state index in [4.69, 9.17) is 4.74 Å². The number of ether oxygens (including phenoxy) is 1. The number of thiol groups is 1. The molecule has 14 heavy (non-hydrogen) atoms. The van der Waals surface area contributed by atoms with E-state index >= 15 is 0 Å². The summed E-state index contributed by atoms with van der Waals surface area (Å²) in [5.41, 5.74) is 0.975. The number of carbonyl (C=O) groups excluding carboxylic acids is 1. The van der Waals surface area contributed by atoms with E-state index in [1.807, 2.05) is 38.1 Å². The Morgan fingerprint density at radius 1 is 1.29 bits per heavy atom. The molecule has 0 heterocycles. The van der Waals surface area contributed by atoms with E-state index in [9.17, 15) is 4.79 Å². The maximum absolute atomic E-state index is 10.4. The Labute approximate surface area is 90.7 Å². The minimum atomic E-state index is -0.259. The smallest absolute Gasteiger partial charge is 0.302 e. The van der Waals surface area contributed by atoms with E-state index in [1.54, 1.807) is 0 Å². The van der Waals surface area contributed by atoms with Crippen LogP contribution in [0.25, 0.3) is 0 Å². The van der Waals surface area contributed by atoms with Gasteiger partial charge in [-0.3, -0.25) is 4.79 Å². The van der Waals surface area contributed by atoms with Crippen molar-refractivity contribution in [3.05, 3.63) is 29.8 Å². The standard InChI is InChI=1S/C9H10O2S.C2H6/c1-7(10)11-6-8-2-4-9(12)5-3-8;1-2/h2-5,12H,6H2,1H3;1-2H3. The van der Waals surface area contributed by atoms with Gasteiger partial charge in [0.25, 0.3) is 0 Å². The van der Waals surface area contributed by atoms with Gasteiger partial charge in [-0.05, 0) is 17.7 Å². The zero-order valence-electron chi connectivity index (χ0n) is 8.78. The molecule has 0 radical (unpaired) electrons. The zero-order chi connectivity index (χ0) is 11.0. The first-order valence-corrected chi connectivity index (χ1v) is 5.04. The largest absolute Gasteiger partial charge is 0.461 e. The van der Waals surface area contributed by atoms with E-state index in [2.05, 4.69) is 12.6 Å². The predicted octanol–water partition coefficient (Wildman–Crippen LogP) is 3.06. The van der Waals surface area contributed by atoms with Crippen molar-refractivity contribution in [1.29, 1.82) is 0 Å². The first-order valence-electron chi connectivity index (χ1n) is 4.60. The summed E-state index contributed by atoms with van der Waals surface area (Å²) >= 11 is 4.13. The van der Waals surface area contributed by atoms with E-state index < -0.39 is 0 Å². The molecule has 0 fully saturated rings. The highest BCUT2D eigenvalue weighted by atomic mass is 32.1. The van der Waals surface area contributed by atoms with E-state index in [0.717, 1.165) is 10.5 Å². The van der Waals surface area contributed by atoms with Gasteiger partial charge in [-0.2, -0.15) is 0 Å². The third kappa shape index (κ3) is 5.65. The van der Waals surface area contributed by atoms with Crippen LogP contribution in [0.5, 0.6) is 0 Å². The lowest BCUT2D eigenvalue weighted by Crippen LogP contribution is -1.98. The molecule has 1 rings (SSSR count). The van der Waals surface area contributed by atoms with Crippen molar-refractivity contribution in [2.75, 3.05) is 0 Å². The number of esters is 1. The molecule has 0 unspecified atom stereocenters. The normalized spacial score (nSPS) is 8.57. The Morgan fingerprint density at radius 3 is 2.21 bits per heavy atom. The number of hydrogen-bond acceptors (Lipinski definition) is 3. The van der Waals surface area contributed by atoms with Gasteiger partial charge in [0.15, 0.2) is 0 Å². The van der Waals surface area contributed by atoms with Crippen LogP contribution in [0.4, 0.5) is 0 Å². The maximum atomic E-state index is 10.4. The monoisotopic (exact) mass is 212 g/mol. The first-order chi connectivity index (χ1) is 6.68. The second-order valence-electron chi connectivity index (χ2n) is 2.45. The first kappa shape index (κ1) is 13.0. The molecule has 0 amide bonds. The maximum Gasteiger partial charge on any atom is 0.302 e. The molecule has 0 aliphatic rings. The van der Waals surface area contributed by atoms with Gasteiger partial charge in [-0.25, -0.2) is 0 Å². The second-order valence-corrected chi connectivity index (χ2v) is 2.96. The van der Waals surface area contributed by atoms with E-state index in [-0.39, 0.29) is 5.97 Å². The second kappa shape index (κ2) is 7.44. The van der Waals surface area contributed by atoms with Crippen molar-refractivity contribution in [1.82, 2.24) is 0 Å². The molecule has 0 atom stereocenters. The van der Waals surface area contributed by atoms with Crippen molar-refractivity contribution in [2.45, 2.75) is 32.3 Å². The highest BCUT2D eigenvalue weighted by Gasteiger charge is 1.94. The lowest BCUT2D eigenvalue weighted by Gasteiger charge is -2.01. The summed E-state index contributed by atoms with van der Waals surface area (Å²) in [6.07, 6.45) is 0. The fourth-order valence-corrected chi connectivity index (χ4v) is 0.926. The average molecular weight is 212 g/mol. The highest BCUT2D eigenvalue weighted by Crippen LogP contribution is 2.08. The Morgan fingerprint density at radius 2 is 1.79 bits per heavy atom. The Balaban J connectivity index is 0.000000791. The van der Waals surface area contributed by atoms with Crippen molar-refractivity contribution >= 4 is 18.6 Å². The van der Waals surface area contributed by atoms with Gasteiger partial charge in [0.2, 0.25) is 0 Å². The molecule has 3 heteroatoms. The van der Waals surface area contributed by atoms with Gasteiger partial charge in [0.05, 0.1) is 0 Å². The van der Waals surface area contributed by atoms with Crippen LogP contribution in [0.3, 0.4) is 0 Å². The van der Waals surface area contributed by atoms with Crippen molar-refractivity contribution in [2.24, 2.45) is 0 Å². The molecule has 0 bridgehead atoms. The molecular formula is C11H16O2S. The average Bonchev–Trinajstić information content (AvgIpc) is 2.20. The molecule has 0 saturated carbocycles. The molecular weight excluding hydrogens is 196 g/mol. The molecule has 0 aromatic heterocycles. The summed E-state index contributed by atoms with van der Waals surface area (Å²) in [5.74, 6) is -0.259. The summed E-state index contributed by atoms with van der Waals surface area (Å²) in [4.78, 5) is 11.4. The summed E-state index contributed by atoms with van der Waals surface area (Å²) in [6.45, 7) is 5.73. The summed E-state index contributed by atoms with van der Waals surface area (Å²) in [7, 11) is 0. The van der Waals surface area contributed by atoms with Gasteiger partial charge < -0.3 is 4.74 Å². The van der Waals surface area contributed by atoms with Gasteiger partial charge >= 0.3 is 5.97 Å². The number of hydrogen-bond donors (Lipinski definition) is 1. The highest BCUT2D eigenvalue weighted by molar-refractivity contribution is 7.80. The van der Waals surface area contributed by atoms with Crippen LogP contribution < -0.4 is 0 Å². The quantitative estimate of drug-likeness (QED) is 0.602.